The lowest BCUT2D eigenvalue weighted by Gasteiger charge is -2.21. The van der Waals surface area contributed by atoms with Crippen LogP contribution in [0.25, 0.3) is 0 Å². The van der Waals surface area contributed by atoms with E-state index in [0.29, 0.717) is 24.2 Å². The highest BCUT2D eigenvalue weighted by atomic mass is 35.5. The molecule has 0 unspecified atom stereocenters. The van der Waals surface area contributed by atoms with E-state index < -0.39 is 0 Å². The van der Waals surface area contributed by atoms with Gasteiger partial charge in [-0.05, 0) is 30.7 Å². The fraction of sp³-hybridized carbons (Fsp3) is 0.188. The lowest BCUT2D eigenvalue weighted by atomic mass is 10.1. The SMILES string of the molecule is CCN(Cc1ccccc1C#N)C(=O)c1cccnc1Cl. The van der Waals surface area contributed by atoms with Crippen molar-refractivity contribution >= 4 is 17.5 Å². The van der Waals surface area contributed by atoms with Crippen molar-refractivity contribution in [3.63, 3.8) is 0 Å². The number of halogens is 1. The van der Waals surface area contributed by atoms with Crippen LogP contribution in [-0.4, -0.2) is 22.3 Å². The molecule has 0 N–H and O–H groups in total. The van der Waals surface area contributed by atoms with E-state index >= 15 is 0 Å². The molecule has 0 saturated carbocycles. The van der Waals surface area contributed by atoms with E-state index in [1.54, 1.807) is 35.4 Å². The number of aromatic nitrogens is 1. The van der Waals surface area contributed by atoms with E-state index in [1.165, 1.54) is 0 Å². The molecular weight excluding hydrogens is 286 g/mol. The van der Waals surface area contributed by atoms with Crippen molar-refractivity contribution in [1.82, 2.24) is 9.88 Å². The highest BCUT2D eigenvalue weighted by Gasteiger charge is 2.18. The molecule has 1 heterocycles. The topological polar surface area (TPSA) is 57.0 Å². The summed E-state index contributed by atoms with van der Waals surface area (Å²) < 4.78 is 0. The summed E-state index contributed by atoms with van der Waals surface area (Å²) in [7, 11) is 0. The molecule has 0 fully saturated rings. The lowest BCUT2D eigenvalue weighted by molar-refractivity contribution is 0.0752. The third-order valence-corrected chi connectivity index (χ3v) is 3.46. The van der Waals surface area contributed by atoms with Crippen molar-refractivity contribution in [3.05, 3.63) is 64.4 Å². The van der Waals surface area contributed by atoms with Crippen LogP contribution in [0.3, 0.4) is 0 Å². The van der Waals surface area contributed by atoms with Crippen LogP contribution in [0.15, 0.2) is 42.6 Å². The number of hydrogen-bond donors (Lipinski definition) is 0. The molecule has 0 aliphatic rings. The number of carbonyl (C=O) groups excluding carboxylic acids is 1. The molecule has 0 atom stereocenters. The van der Waals surface area contributed by atoms with Crippen molar-refractivity contribution in [1.29, 1.82) is 5.26 Å². The fourth-order valence-electron chi connectivity index (χ4n) is 2.02. The van der Waals surface area contributed by atoms with E-state index in [1.807, 2.05) is 19.1 Å². The van der Waals surface area contributed by atoms with Gasteiger partial charge in [-0.1, -0.05) is 29.8 Å². The molecule has 2 rings (SSSR count). The van der Waals surface area contributed by atoms with Gasteiger partial charge in [-0.2, -0.15) is 5.26 Å². The highest BCUT2D eigenvalue weighted by molar-refractivity contribution is 6.32. The molecule has 1 aromatic carbocycles. The first kappa shape index (κ1) is 15.0. The van der Waals surface area contributed by atoms with Gasteiger partial charge in [0.1, 0.15) is 5.15 Å². The second-order valence-corrected chi connectivity index (χ2v) is 4.79. The second kappa shape index (κ2) is 6.87. The first-order valence-electron chi connectivity index (χ1n) is 6.55. The Kier molecular flexibility index (Phi) is 4.91. The summed E-state index contributed by atoms with van der Waals surface area (Å²) in [5, 5.41) is 9.31. The quantitative estimate of drug-likeness (QED) is 0.814. The molecule has 0 aliphatic heterocycles. The summed E-state index contributed by atoms with van der Waals surface area (Å²) in [6.07, 6.45) is 1.54. The summed E-state index contributed by atoms with van der Waals surface area (Å²) in [6.45, 7) is 2.77. The molecule has 5 heteroatoms. The van der Waals surface area contributed by atoms with Crippen LogP contribution in [0.5, 0.6) is 0 Å². The van der Waals surface area contributed by atoms with Gasteiger partial charge in [0, 0.05) is 19.3 Å². The lowest BCUT2D eigenvalue weighted by Crippen LogP contribution is -2.31. The molecule has 1 amide bonds. The first-order chi connectivity index (χ1) is 10.2. The Bertz CT molecular complexity index is 694. The van der Waals surface area contributed by atoms with Crippen molar-refractivity contribution in [2.24, 2.45) is 0 Å². The number of rotatable bonds is 4. The summed E-state index contributed by atoms with van der Waals surface area (Å²) in [4.78, 5) is 18.1. The van der Waals surface area contributed by atoms with Gasteiger partial charge in [-0.15, -0.1) is 0 Å². The summed E-state index contributed by atoms with van der Waals surface area (Å²) in [5.74, 6) is -0.191. The van der Waals surface area contributed by atoms with Gasteiger partial charge >= 0.3 is 0 Å². The minimum Gasteiger partial charge on any atom is -0.334 e. The van der Waals surface area contributed by atoms with Crippen LogP contribution in [0.1, 0.15) is 28.4 Å². The van der Waals surface area contributed by atoms with Crippen LogP contribution >= 0.6 is 11.6 Å². The van der Waals surface area contributed by atoms with Crippen LogP contribution in [0.2, 0.25) is 5.15 Å². The average Bonchev–Trinajstić information content (AvgIpc) is 2.52. The number of nitriles is 1. The minimum atomic E-state index is -0.191. The van der Waals surface area contributed by atoms with Gasteiger partial charge in [0.25, 0.3) is 5.91 Å². The second-order valence-electron chi connectivity index (χ2n) is 4.43. The molecule has 0 aliphatic carbocycles. The monoisotopic (exact) mass is 299 g/mol. The first-order valence-corrected chi connectivity index (χ1v) is 6.93. The number of carbonyl (C=O) groups is 1. The summed E-state index contributed by atoms with van der Waals surface area (Å²) in [6, 6.07) is 12.7. The normalized spacial score (nSPS) is 9.95. The molecule has 21 heavy (non-hydrogen) atoms. The van der Waals surface area contributed by atoms with Gasteiger partial charge in [0.2, 0.25) is 0 Å². The van der Waals surface area contributed by atoms with Gasteiger partial charge < -0.3 is 4.90 Å². The Morgan fingerprint density at radius 2 is 2.10 bits per heavy atom. The van der Waals surface area contributed by atoms with Gasteiger partial charge in [-0.25, -0.2) is 4.98 Å². The molecule has 0 spiro atoms. The van der Waals surface area contributed by atoms with Crippen LogP contribution in [-0.2, 0) is 6.54 Å². The fourth-order valence-corrected chi connectivity index (χ4v) is 2.22. The maximum Gasteiger partial charge on any atom is 0.257 e. The molecule has 106 valence electrons. The maximum atomic E-state index is 12.5. The number of hydrogen-bond acceptors (Lipinski definition) is 3. The number of benzene rings is 1. The summed E-state index contributed by atoms with van der Waals surface area (Å²) >= 11 is 5.97. The molecule has 2 aromatic rings. The third kappa shape index (κ3) is 3.39. The molecule has 0 bridgehead atoms. The Morgan fingerprint density at radius 1 is 1.33 bits per heavy atom. The molecular formula is C16H14ClN3O. The van der Waals surface area contributed by atoms with E-state index in [9.17, 15) is 4.79 Å². The third-order valence-electron chi connectivity index (χ3n) is 3.16. The van der Waals surface area contributed by atoms with Gasteiger partial charge in [-0.3, -0.25) is 4.79 Å². The van der Waals surface area contributed by atoms with E-state index in [4.69, 9.17) is 16.9 Å². The Labute approximate surface area is 128 Å². The maximum absolute atomic E-state index is 12.5. The van der Waals surface area contributed by atoms with E-state index in [0.717, 1.165) is 5.56 Å². The Hall–Kier alpha value is -2.38. The number of pyridine rings is 1. The molecule has 0 saturated heterocycles. The minimum absolute atomic E-state index is 0.189. The van der Waals surface area contributed by atoms with E-state index in [2.05, 4.69) is 11.1 Å². The zero-order chi connectivity index (χ0) is 15.2. The smallest absolute Gasteiger partial charge is 0.257 e. The zero-order valence-electron chi connectivity index (χ0n) is 11.6. The molecule has 0 radical (unpaired) electrons. The van der Waals surface area contributed by atoms with E-state index in [-0.39, 0.29) is 11.1 Å². The number of amides is 1. The van der Waals surface area contributed by atoms with Gasteiger partial charge in [0.15, 0.2) is 0 Å². The average molecular weight is 300 g/mol. The largest absolute Gasteiger partial charge is 0.334 e. The van der Waals surface area contributed by atoms with Crippen LogP contribution in [0.4, 0.5) is 0 Å². The molecule has 4 nitrogen and oxygen atoms in total. The predicted molar refractivity (Wildman–Crippen MR) is 80.8 cm³/mol. The zero-order valence-corrected chi connectivity index (χ0v) is 12.3. The van der Waals surface area contributed by atoms with Crippen molar-refractivity contribution in [2.75, 3.05) is 6.54 Å². The van der Waals surface area contributed by atoms with Crippen molar-refractivity contribution in [3.8, 4) is 6.07 Å². The number of nitrogens with zero attached hydrogens (tertiary/aromatic N) is 3. The molecule has 1 aromatic heterocycles. The van der Waals surface area contributed by atoms with Crippen LogP contribution < -0.4 is 0 Å². The standard InChI is InChI=1S/C16H14ClN3O/c1-2-20(11-13-7-4-3-6-12(13)10-18)16(21)14-8-5-9-19-15(14)17/h3-9H,2,11H2,1H3. The van der Waals surface area contributed by atoms with Gasteiger partial charge in [0.05, 0.1) is 17.2 Å². The summed E-state index contributed by atoms with van der Waals surface area (Å²) in [5.41, 5.74) is 1.76. The van der Waals surface area contributed by atoms with Crippen molar-refractivity contribution in [2.45, 2.75) is 13.5 Å². The highest BCUT2D eigenvalue weighted by Crippen LogP contribution is 2.17. The predicted octanol–water partition coefficient (Wildman–Crippen LogP) is 3.27. The Balaban J connectivity index is 2.27. The Morgan fingerprint density at radius 3 is 2.76 bits per heavy atom. The van der Waals surface area contributed by atoms with Crippen molar-refractivity contribution < 1.29 is 4.79 Å². The van der Waals surface area contributed by atoms with Crippen LogP contribution in [0, 0.1) is 11.3 Å².